The highest BCUT2D eigenvalue weighted by atomic mass is 32.1. The molecule has 0 spiro atoms. The molecule has 0 bridgehead atoms. The first-order chi connectivity index (χ1) is 11.1. The van der Waals surface area contributed by atoms with Crippen molar-refractivity contribution in [3.05, 3.63) is 59.7 Å². The molecule has 2 N–H and O–H groups in total. The Bertz CT molecular complexity index is 667. The molecule has 2 aromatic rings. The number of nitrogens with one attached hydrogen (secondary N) is 2. The van der Waals surface area contributed by atoms with E-state index in [9.17, 15) is 4.79 Å². The summed E-state index contributed by atoms with van der Waals surface area (Å²) < 4.78 is 10.3. The summed E-state index contributed by atoms with van der Waals surface area (Å²) in [5.74, 6) is 0.753. The first kappa shape index (κ1) is 16.8. The Kier molecular flexibility index (Phi) is 5.94. The van der Waals surface area contributed by atoms with Crippen molar-refractivity contribution in [3.63, 3.8) is 0 Å². The monoisotopic (exact) mass is 330 g/mol. The molecule has 6 heteroatoms. The SMILES string of the molecule is COc1cc(OC)cc(C(=O)NC(=S)NCc2ccccc2)c1. The van der Waals surface area contributed by atoms with Crippen LogP contribution in [0.25, 0.3) is 0 Å². The van der Waals surface area contributed by atoms with Crippen LogP contribution in [0.15, 0.2) is 48.5 Å². The summed E-state index contributed by atoms with van der Waals surface area (Å²) in [6, 6.07) is 14.7. The van der Waals surface area contributed by atoms with Gasteiger partial charge in [0.1, 0.15) is 11.5 Å². The lowest BCUT2D eigenvalue weighted by atomic mass is 10.2. The first-order valence-corrected chi connectivity index (χ1v) is 7.39. The maximum atomic E-state index is 12.3. The third kappa shape index (κ3) is 4.96. The van der Waals surface area contributed by atoms with Crippen molar-refractivity contribution in [3.8, 4) is 11.5 Å². The lowest BCUT2D eigenvalue weighted by molar-refractivity contribution is 0.0976. The molecule has 0 aliphatic rings. The fraction of sp³-hybridized carbons (Fsp3) is 0.176. The van der Waals surface area contributed by atoms with Crippen molar-refractivity contribution in [2.45, 2.75) is 6.54 Å². The maximum absolute atomic E-state index is 12.3. The zero-order chi connectivity index (χ0) is 16.7. The quantitative estimate of drug-likeness (QED) is 0.825. The zero-order valence-electron chi connectivity index (χ0n) is 13.0. The van der Waals surface area contributed by atoms with Gasteiger partial charge in [-0.3, -0.25) is 10.1 Å². The molecule has 0 unspecified atom stereocenters. The number of methoxy groups -OCH3 is 2. The van der Waals surface area contributed by atoms with Gasteiger partial charge < -0.3 is 14.8 Å². The van der Waals surface area contributed by atoms with E-state index < -0.39 is 0 Å². The summed E-state index contributed by atoms with van der Waals surface area (Å²) in [6.07, 6.45) is 0. The van der Waals surface area contributed by atoms with Gasteiger partial charge in [-0.1, -0.05) is 30.3 Å². The van der Waals surface area contributed by atoms with E-state index >= 15 is 0 Å². The number of hydrogen-bond donors (Lipinski definition) is 2. The highest BCUT2D eigenvalue weighted by Gasteiger charge is 2.11. The van der Waals surface area contributed by atoms with Crippen LogP contribution in [-0.4, -0.2) is 25.2 Å². The van der Waals surface area contributed by atoms with Crippen LogP contribution in [0.4, 0.5) is 0 Å². The van der Waals surface area contributed by atoms with Crippen LogP contribution in [0.2, 0.25) is 0 Å². The summed E-state index contributed by atoms with van der Waals surface area (Å²) >= 11 is 5.15. The van der Waals surface area contributed by atoms with Gasteiger partial charge in [0, 0.05) is 18.2 Å². The van der Waals surface area contributed by atoms with Gasteiger partial charge in [0.05, 0.1) is 14.2 Å². The van der Waals surface area contributed by atoms with E-state index in [1.165, 1.54) is 14.2 Å². The molecular formula is C17H18N2O3S. The molecule has 2 aromatic carbocycles. The molecule has 120 valence electrons. The minimum atomic E-state index is -0.326. The average molecular weight is 330 g/mol. The number of ether oxygens (including phenoxy) is 2. The Morgan fingerprint density at radius 2 is 1.65 bits per heavy atom. The lowest BCUT2D eigenvalue weighted by Crippen LogP contribution is -2.38. The Balaban J connectivity index is 1.97. The van der Waals surface area contributed by atoms with E-state index in [4.69, 9.17) is 21.7 Å². The van der Waals surface area contributed by atoms with Crippen LogP contribution in [0.3, 0.4) is 0 Å². The maximum Gasteiger partial charge on any atom is 0.257 e. The first-order valence-electron chi connectivity index (χ1n) is 6.98. The molecule has 0 saturated heterocycles. The van der Waals surface area contributed by atoms with Gasteiger partial charge in [-0.05, 0) is 29.9 Å². The molecule has 0 fully saturated rings. The van der Waals surface area contributed by atoms with E-state index in [1.807, 2.05) is 30.3 Å². The average Bonchev–Trinajstić information content (AvgIpc) is 2.60. The minimum Gasteiger partial charge on any atom is -0.497 e. The van der Waals surface area contributed by atoms with Crippen molar-refractivity contribution < 1.29 is 14.3 Å². The number of hydrogen-bond acceptors (Lipinski definition) is 4. The largest absolute Gasteiger partial charge is 0.497 e. The Hall–Kier alpha value is -2.60. The highest BCUT2D eigenvalue weighted by molar-refractivity contribution is 7.80. The van der Waals surface area contributed by atoms with Gasteiger partial charge in [-0.25, -0.2) is 0 Å². The molecule has 1 amide bonds. The summed E-state index contributed by atoms with van der Waals surface area (Å²) in [5.41, 5.74) is 1.48. The molecule has 23 heavy (non-hydrogen) atoms. The summed E-state index contributed by atoms with van der Waals surface area (Å²) in [7, 11) is 3.06. The molecule has 2 rings (SSSR count). The Morgan fingerprint density at radius 3 is 2.22 bits per heavy atom. The summed E-state index contributed by atoms with van der Waals surface area (Å²) in [4.78, 5) is 12.3. The van der Waals surface area contributed by atoms with E-state index in [2.05, 4.69) is 10.6 Å². The van der Waals surface area contributed by atoms with Crippen LogP contribution < -0.4 is 20.1 Å². The number of amides is 1. The normalized spacial score (nSPS) is 9.83. The van der Waals surface area contributed by atoms with Crippen LogP contribution in [0.5, 0.6) is 11.5 Å². The van der Waals surface area contributed by atoms with Gasteiger partial charge >= 0.3 is 0 Å². The van der Waals surface area contributed by atoms with E-state index in [1.54, 1.807) is 18.2 Å². The molecule has 0 heterocycles. The van der Waals surface area contributed by atoms with Gasteiger partial charge in [0.2, 0.25) is 0 Å². The third-order valence-electron chi connectivity index (χ3n) is 3.14. The van der Waals surface area contributed by atoms with Crippen molar-refractivity contribution in [1.29, 1.82) is 0 Å². The Morgan fingerprint density at radius 1 is 1.04 bits per heavy atom. The second kappa shape index (κ2) is 8.14. The Labute approximate surface area is 140 Å². The summed E-state index contributed by atoms with van der Waals surface area (Å²) in [6.45, 7) is 0.543. The van der Waals surface area contributed by atoms with Crippen molar-refractivity contribution in [2.24, 2.45) is 0 Å². The second-order valence-electron chi connectivity index (χ2n) is 4.72. The van der Waals surface area contributed by atoms with Gasteiger partial charge in [-0.2, -0.15) is 0 Å². The fourth-order valence-corrected chi connectivity index (χ4v) is 2.10. The van der Waals surface area contributed by atoms with E-state index in [0.717, 1.165) is 5.56 Å². The molecule has 0 aliphatic carbocycles. The van der Waals surface area contributed by atoms with Gasteiger partial charge in [-0.15, -0.1) is 0 Å². The van der Waals surface area contributed by atoms with Crippen LogP contribution >= 0.6 is 12.2 Å². The predicted molar refractivity (Wildman–Crippen MR) is 92.9 cm³/mol. The molecule has 0 atom stereocenters. The van der Waals surface area contributed by atoms with E-state index in [0.29, 0.717) is 23.6 Å². The molecule has 5 nitrogen and oxygen atoms in total. The highest BCUT2D eigenvalue weighted by Crippen LogP contribution is 2.22. The van der Waals surface area contributed by atoms with Crippen molar-refractivity contribution >= 4 is 23.2 Å². The number of thiocarbonyl (C=S) groups is 1. The number of benzene rings is 2. The van der Waals surface area contributed by atoms with Crippen molar-refractivity contribution in [1.82, 2.24) is 10.6 Å². The van der Waals surface area contributed by atoms with Crippen molar-refractivity contribution in [2.75, 3.05) is 14.2 Å². The standard InChI is InChI=1S/C17H18N2O3S/c1-21-14-8-13(9-15(10-14)22-2)16(20)19-17(23)18-11-12-6-4-3-5-7-12/h3-10H,11H2,1-2H3,(H2,18,19,20,23). The molecule has 0 aliphatic heterocycles. The van der Waals surface area contributed by atoms with Gasteiger partial charge in [0.25, 0.3) is 5.91 Å². The summed E-state index contributed by atoms with van der Waals surface area (Å²) in [5, 5.41) is 5.90. The number of carbonyl (C=O) groups is 1. The fourth-order valence-electron chi connectivity index (χ4n) is 1.94. The molecular weight excluding hydrogens is 312 g/mol. The predicted octanol–water partition coefficient (Wildman–Crippen LogP) is 2.51. The molecule has 0 radical (unpaired) electrons. The topological polar surface area (TPSA) is 59.6 Å². The van der Waals surface area contributed by atoms with Crippen LogP contribution in [0.1, 0.15) is 15.9 Å². The zero-order valence-corrected chi connectivity index (χ0v) is 13.8. The van der Waals surface area contributed by atoms with Crippen LogP contribution in [-0.2, 0) is 6.54 Å². The number of carbonyl (C=O) groups excluding carboxylic acids is 1. The van der Waals surface area contributed by atoms with Crippen LogP contribution in [0, 0.1) is 0 Å². The third-order valence-corrected chi connectivity index (χ3v) is 3.38. The number of rotatable bonds is 5. The van der Waals surface area contributed by atoms with Gasteiger partial charge in [0.15, 0.2) is 5.11 Å². The molecule has 0 aromatic heterocycles. The molecule has 0 saturated carbocycles. The minimum absolute atomic E-state index is 0.264. The smallest absolute Gasteiger partial charge is 0.257 e. The lowest BCUT2D eigenvalue weighted by Gasteiger charge is -2.11. The van der Waals surface area contributed by atoms with E-state index in [-0.39, 0.29) is 11.0 Å². The second-order valence-corrected chi connectivity index (χ2v) is 5.13.